The summed E-state index contributed by atoms with van der Waals surface area (Å²) in [6.07, 6.45) is 7.09. The molecule has 1 aliphatic rings. The second kappa shape index (κ2) is 9.27. The molecule has 0 spiro atoms. The molecule has 0 radical (unpaired) electrons. The van der Waals surface area contributed by atoms with E-state index in [1.54, 1.807) is 7.11 Å². The minimum absolute atomic E-state index is 0.0134. The first-order valence-electron chi connectivity index (χ1n) is 9.42. The highest BCUT2D eigenvalue weighted by molar-refractivity contribution is 5.94. The lowest BCUT2D eigenvalue weighted by molar-refractivity contribution is 0.0933. The van der Waals surface area contributed by atoms with Crippen molar-refractivity contribution in [3.8, 4) is 11.5 Å². The number of carbonyl (C=O) groups excluding carboxylic acids is 1. The molecule has 1 aliphatic carbocycles. The third-order valence-electron chi connectivity index (χ3n) is 4.87. The first-order valence-corrected chi connectivity index (χ1v) is 9.42. The summed E-state index contributed by atoms with van der Waals surface area (Å²) < 4.78 is 11.2. The fourth-order valence-electron chi connectivity index (χ4n) is 3.40. The summed E-state index contributed by atoms with van der Waals surface area (Å²) in [5.41, 5.74) is 1.52. The van der Waals surface area contributed by atoms with Crippen molar-refractivity contribution >= 4 is 5.91 Å². The molecule has 0 aromatic heterocycles. The van der Waals surface area contributed by atoms with Crippen LogP contribution in [0.25, 0.3) is 0 Å². The van der Waals surface area contributed by atoms with E-state index in [4.69, 9.17) is 9.47 Å². The van der Waals surface area contributed by atoms with Crippen molar-refractivity contribution in [3.63, 3.8) is 0 Å². The Bertz CT molecular complexity index is 707. The van der Waals surface area contributed by atoms with Gasteiger partial charge in [-0.05, 0) is 43.2 Å². The second-order valence-electron chi connectivity index (χ2n) is 6.79. The molecule has 0 saturated heterocycles. The first-order chi connectivity index (χ1) is 12.8. The Labute approximate surface area is 155 Å². The van der Waals surface area contributed by atoms with Gasteiger partial charge in [0.25, 0.3) is 5.91 Å². The van der Waals surface area contributed by atoms with Crippen LogP contribution in [0.1, 0.15) is 54.4 Å². The van der Waals surface area contributed by atoms with Crippen molar-refractivity contribution in [2.75, 3.05) is 7.11 Å². The van der Waals surface area contributed by atoms with Crippen LogP contribution in [-0.2, 0) is 6.61 Å². The third-order valence-corrected chi connectivity index (χ3v) is 4.87. The van der Waals surface area contributed by atoms with Gasteiger partial charge < -0.3 is 14.8 Å². The molecule has 3 rings (SSSR count). The number of benzene rings is 2. The first kappa shape index (κ1) is 18.3. The van der Waals surface area contributed by atoms with E-state index >= 15 is 0 Å². The van der Waals surface area contributed by atoms with Crippen LogP contribution in [0.2, 0.25) is 0 Å². The molecule has 4 nitrogen and oxygen atoms in total. The highest BCUT2D eigenvalue weighted by atomic mass is 16.5. The Morgan fingerprint density at radius 1 is 1.04 bits per heavy atom. The summed E-state index contributed by atoms with van der Waals surface area (Å²) in [5.74, 6) is 1.51. The Morgan fingerprint density at radius 3 is 2.46 bits per heavy atom. The van der Waals surface area contributed by atoms with E-state index in [0.717, 1.165) is 29.9 Å². The predicted molar refractivity (Wildman–Crippen MR) is 103 cm³/mol. The highest BCUT2D eigenvalue weighted by Crippen LogP contribution is 2.23. The van der Waals surface area contributed by atoms with Gasteiger partial charge >= 0.3 is 0 Å². The molecular weight excluding hydrogens is 326 g/mol. The van der Waals surface area contributed by atoms with Gasteiger partial charge in [-0.15, -0.1) is 0 Å². The molecule has 0 heterocycles. The minimum Gasteiger partial charge on any atom is -0.496 e. The lowest BCUT2D eigenvalue weighted by Gasteiger charge is -2.17. The van der Waals surface area contributed by atoms with Gasteiger partial charge in [-0.1, -0.05) is 43.9 Å². The van der Waals surface area contributed by atoms with E-state index in [-0.39, 0.29) is 11.9 Å². The van der Waals surface area contributed by atoms with Crippen molar-refractivity contribution in [3.05, 3.63) is 59.7 Å². The number of hydrogen-bond donors (Lipinski definition) is 1. The maximum Gasteiger partial charge on any atom is 0.251 e. The van der Waals surface area contributed by atoms with Crippen LogP contribution in [0.15, 0.2) is 48.5 Å². The number of methoxy groups -OCH3 is 1. The number of para-hydroxylation sites is 1. The maximum absolute atomic E-state index is 12.7. The minimum atomic E-state index is -0.0134. The van der Waals surface area contributed by atoms with Gasteiger partial charge in [0, 0.05) is 17.2 Å². The van der Waals surface area contributed by atoms with Gasteiger partial charge in [-0.3, -0.25) is 4.79 Å². The molecule has 0 bridgehead atoms. The molecule has 1 saturated carbocycles. The van der Waals surface area contributed by atoms with E-state index < -0.39 is 0 Å². The van der Waals surface area contributed by atoms with E-state index in [1.165, 1.54) is 25.7 Å². The van der Waals surface area contributed by atoms with Crippen LogP contribution in [0.4, 0.5) is 0 Å². The Kier molecular flexibility index (Phi) is 6.53. The van der Waals surface area contributed by atoms with E-state index in [1.807, 2.05) is 48.5 Å². The van der Waals surface area contributed by atoms with Gasteiger partial charge in [-0.25, -0.2) is 0 Å². The van der Waals surface area contributed by atoms with E-state index in [0.29, 0.717) is 12.2 Å². The molecule has 138 valence electrons. The molecule has 1 fully saturated rings. The zero-order chi connectivity index (χ0) is 18.2. The number of amides is 1. The van der Waals surface area contributed by atoms with Gasteiger partial charge in [0.15, 0.2) is 0 Å². The van der Waals surface area contributed by atoms with Crippen molar-refractivity contribution in [2.24, 2.45) is 0 Å². The lowest BCUT2D eigenvalue weighted by atomic mass is 10.1. The quantitative estimate of drug-likeness (QED) is 0.764. The van der Waals surface area contributed by atoms with Crippen molar-refractivity contribution in [1.82, 2.24) is 5.32 Å². The zero-order valence-corrected chi connectivity index (χ0v) is 15.4. The molecule has 26 heavy (non-hydrogen) atoms. The van der Waals surface area contributed by atoms with Gasteiger partial charge in [0.05, 0.1) is 7.11 Å². The molecule has 0 atom stereocenters. The second-order valence-corrected chi connectivity index (χ2v) is 6.79. The molecule has 2 aromatic carbocycles. The van der Waals surface area contributed by atoms with Crippen LogP contribution in [0.5, 0.6) is 11.5 Å². The smallest absolute Gasteiger partial charge is 0.251 e. The van der Waals surface area contributed by atoms with E-state index in [9.17, 15) is 4.79 Å². The molecule has 0 aliphatic heterocycles. The molecule has 1 N–H and O–H groups in total. The predicted octanol–water partition coefficient (Wildman–Crippen LogP) is 4.73. The van der Waals surface area contributed by atoms with Crippen molar-refractivity contribution in [2.45, 2.75) is 51.2 Å². The van der Waals surface area contributed by atoms with Crippen molar-refractivity contribution < 1.29 is 14.3 Å². The molecule has 1 amide bonds. The third kappa shape index (κ3) is 5.01. The standard InChI is InChI=1S/C22H27NO3/c1-25-21-14-13-17(22(24)23-19-9-5-2-3-6-10-19)15-18(21)16-26-20-11-7-4-8-12-20/h4,7-8,11-15,19H,2-3,5-6,9-10,16H2,1H3,(H,23,24). The van der Waals surface area contributed by atoms with Crippen LogP contribution in [-0.4, -0.2) is 19.1 Å². The van der Waals surface area contributed by atoms with Crippen LogP contribution >= 0.6 is 0 Å². The molecule has 4 heteroatoms. The summed E-state index contributed by atoms with van der Waals surface area (Å²) in [6.45, 7) is 0.359. The largest absolute Gasteiger partial charge is 0.496 e. The topological polar surface area (TPSA) is 47.6 Å². The number of carbonyl (C=O) groups is 1. The number of hydrogen-bond acceptors (Lipinski definition) is 3. The summed E-state index contributed by atoms with van der Waals surface area (Å²) in [7, 11) is 1.63. The number of ether oxygens (including phenoxy) is 2. The fourth-order valence-corrected chi connectivity index (χ4v) is 3.40. The average Bonchev–Trinajstić information content (AvgIpc) is 2.95. The van der Waals surface area contributed by atoms with Crippen LogP contribution < -0.4 is 14.8 Å². The summed E-state index contributed by atoms with van der Waals surface area (Å²) in [5, 5.41) is 3.19. The number of nitrogens with one attached hydrogen (secondary N) is 1. The van der Waals surface area contributed by atoms with Gasteiger partial charge in [-0.2, -0.15) is 0 Å². The lowest BCUT2D eigenvalue weighted by Crippen LogP contribution is -2.34. The van der Waals surface area contributed by atoms with Gasteiger partial charge in [0.1, 0.15) is 18.1 Å². The van der Waals surface area contributed by atoms with Crippen molar-refractivity contribution in [1.29, 1.82) is 0 Å². The van der Waals surface area contributed by atoms with Crippen LogP contribution in [0.3, 0.4) is 0 Å². The van der Waals surface area contributed by atoms with E-state index in [2.05, 4.69) is 5.32 Å². The van der Waals surface area contributed by atoms with Crippen LogP contribution in [0, 0.1) is 0 Å². The molecule has 0 unspecified atom stereocenters. The molecular formula is C22H27NO3. The SMILES string of the molecule is COc1ccc(C(=O)NC2CCCCCC2)cc1COc1ccccc1. The summed E-state index contributed by atoms with van der Waals surface area (Å²) in [4.78, 5) is 12.7. The zero-order valence-electron chi connectivity index (χ0n) is 15.4. The Hall–Kier alpha value is -2.49. The number of rotatable bonds is 6. The Balaban J connectivity index is 1.68. The van der Waals surface area contributed by atoms with Gasteiger partial charge in [0.2, 0.25) is 0 Å². The normalized spacial score (nSPS) is 15.1. The summed E-state index contributed by atoms with van der Waals surface area (Å²) in [6, 6.07) is 15.5. The highest BCUT2D eigenvalue weighted by Gasteiger charge is 2.17. The monoisotopic (exact) mass is 353 g/mol. The fraction of sp³-hybridized carbons (Fsp3) is 0.409. The molecule has 2 aromatic rings. The Morgan fingerprint density at radius 2 is 1.77 bits per heavy atom. The maximum atomic E-state index is 12.7. The average molecular weight is 353 g/mol. The summed E-state index contributed by atoms with van der Waals surface area (Å²) >= 11 is 0.